The summed E-state index contributed by atoms with van der Waals surface area (Å²) in [6, 6.07) is 27.2. The Morgan fingerprint density at radius 3 is 2.41 bits per heavy atom. The van der Waals surface area contributed by atoms with Crippen LogP contribution in [0, 0.1) is 0 Å². The highest BCUT2D eigenvalue weighted by Gasteiger charge is 2.50. The summed E-state index contributed by atoms with van der Waals surface area (Å²) in [4.78, 5) is 28.8. The Morgan fingerprint density at radius 1 is 0.853 bits per heavy atom. The molecule has 1 aliphatic carbocycles. The van der Waals surface area contributed by atoms with Gasteiger partial charge in [-0.25, -0.2) is 0 Å². The lowest BCUT2D eigenvalue weighted by atomic mass is 9.86. The van der Waals surface area contributed by atoms with Crippen LogP contribution < -0.4 is 4.90 Å². The number of rotatable bonds is 6. The molecule has 0 saturated heterocycles. The summed E-state index contributed by atoms with van der Waals surface area (Å²) in [5.74, 6) is -0.643. The summed E-state index contributed by atoms with van der Waals surface area (Å²) in [5.41, 5.74) is 3.53. The van der Waals surface area contributed by atoms with Crippen LogP contribution in [0.15, 0.2) is 84.9 Å². The minimum atomic E-state index is -1.87. The summed E-state index contributed by atoms with van der Waals surface area (Å²) >= 11 is 0. The predicted octanol–water partition coefficient (Wildman–Crippen LogP) is 4.99. The fraction of sp³-hybridized carbons (Fsp3) is 0.200. The van der Waals surface area contributed by atoms with E-state index >= 15 is 0 Å². The van der Waals surface area contributed by atoms with Gasteiger partial charge in [0.15, 0.2) is 11.4 Å². The SMILES string of the molecule is O=C(CC1(O)C(=O)N(CCc2ccccc2)c2ccccc21)c1ccc2c3c(cccc13)CC2. The van der Waals surface area contributed by atoms with Crippen molar-refractivity contribution in [2.45, 2.75) is 31.3 Å². The van der Waals surface area contributed by atoms with Crippen molar-refractivity contribution in [3.05, 3.63) is 113 Å². The van der Waals surface area contributed by atoms with Gasteiger partial charge in [0.2, 0.25) is 0 Å². The standard InChI is InChI=1S/C30H25NO3/c32-27(23-16-15-22-14-13-21-9-6-10-24(23)28(21)22)19-30(34)25-11-4-5-12-26(25)31(29(30)33)18-17-20-7-2-1-3-8-20/h1-12,15-16,34H,13-14,17-19H2. The molecule has 0 bridgehead atoms. The van der Waals surface area contributed by atoms with E-state index in [-0.39, 0.29) is 12.2 Å². The van der Waals surface area contributed by atoms with Crippen LogP contribution in [-0.2, 0) is 29.7 Å². The number of amides is 1. The normalized spacial score (nSPS) is 18.5. The maximum atomic E-state index is 13.6. The molecule has 1 unspecified atom stereocenters. The summed E-state index contributed by atoms with van der Waals surface area (Å²) in [6.07, 6.45) is 2.36. The number of hydrogen-bond donors (Lipinski definition) is 1. The van der Waals surface area contributed by atoms with Gasteiger partial charge in [-0.3, -0.25) is 9.59 Å². The Bertz CT molecular complexity index is 1430. The predicted molar refractivity (Wildman–Crippen MR) is 133 cm³/mol. The quantitative estimate of drug-likeness (QED) is 0.424. The molecule has 4 aromatic rings. The number of nitrogens with zero attached hydrogens (tertiary/aromatic N) is 1. The van der Waals surface area contributed by atoms with Gasteiger partial charge < -0.3 is 10.0 Å². The second-order valence-electron chi connectivity index (χ2n) is 9.28. The highest BCUT2D eigenvalue weighted by Crippen LogP contribution is 2.43. The van der Waals surface area contributed by atoms with Crippen LogP contribution in [0.5, 0.6) is 0 Å². The van der Waals surface area contributed by atoms with Gasteiger partial charge in [0.25, 0.3) is 5.91 Å². The summed E-state index contributed by atoms with van der Waals surface area (Å²) < 4.78 is 0. The lowest BCUT2D eigenvalue weighted by Crippen LogP contribution is -2.42. The molecule has 0 fully saturated rings. The first-order chi connectivity index (χ1) is 16.6. The highest BCUT2D eigenvalue weighted by molar-refractivity contribution is 6.14. The first kappa shape index (κ1) is 20.8. The molecule has 6 rings (SSSR count). The summed E-state index contributed by atoms with van der Waals surface area (Å²) in [7, 11) is 0. The number of aryl methyl sites for hydroxylation is 2. The van der Waals surface area contributed by atoms with Crippen molar-refractivity contribution >= 4 is 28.2 Å². The van der Waals surface area contributed by atoms with Crippen LogP contribution in [-0.4, -0.2) is 23.3 Å². The number of carbonyl (C=O) groups excluding carboxylic acids is 2. The number of carbonyl (C=O) groups is 2. The number of para-hydroxylation sites is 1. The third-order valence-corrected chi connectivity index (χ3v) is 7.30. The summed E-state index contributed by atoms with van der Waals surface area (Å²) in [5, 5.41) is 13.8. The second kappa shape index (κ2) is 7.93. The topological polar surface area (TPSA) is 57.6 Å². The van der Waals surface area contributed by atoms with Crippen molar-refractivity contribution in [3.63, 3.8) is 0 Å². The monoisotopic (exact) mass is 447 g/mol. The Morgan fingerprint density at radius 2 is 1.59 bits per heavy atom. The van der Waals surface area contributed by atoms with E-state index in [2.05, 4.69) is 6.07 Å². The molecule has 4 heteroatoms. The Hall–Kier alpha value is -3.76. The van der Waals surface area contributed by atoms with Crippen LogP contribution in [0.25, 0.3) is 10.8 Å². The van der Waals surface area contributed by atoms with Crippen molar-refractivity contribution in [2.24, 2.45) is 0 Å². The lowest BCUT2D eigenvalue weighted by Gasteiger charge is -2.23. The first-order valence-corrected chi connectivity index (χ1v) is 11.8. The molecule has 2 aliphatic rings. The van der Waals surface area contributed by atoms with E-state index in [0.717, 1.165) is 29.2 Å². The van der Waals surface area contributed by atoms with Gasteiger partial charge in [-0.05, 0) is 52.8 Å². The Labute approximate surface area is 198 Å². The number of anilines is 1. The minimum Gasteiger partial charge on any atom is -0.375 e. The van der Waals surface area contributed by atoms with Crippen LogP contribution in [0.2, 0.25) is 0 Å². The third-order valence-electron chi connectivity index (χ3n) is 7.30. The van der Waals surface area contributed by atoms with Gasteiger partial charge in [0, 0.05) is 17.7 Å². The van der Waals surface area contributed by atoms with E-state index in [1.54, 1.807) is 17.0 Å². The van der Waals surface area contributed by atoms with E-state index in [1.165, 1.54) is 11.1 Å². The van der Waals surface area contributed by atoms with Gasteiger partial charge in [-0.15, -0.1) is 0 Å². The van der Waals surface area contributed by atoms with E-state index < -0.39 is 11.5 Å². The molecule has 0 aromatic heterocycles. The number of Topliss-reactive ketones (excluding diaryl/α,β-unsaturated/α-hetero) is 1. The zero-order valence-corrected chi connectivity index (χ0v) is 18.8. The molecule has 1 amide bonds. The average molecular weight is 448 g/mol. The fourth-order valence-corrected chi connectivity index (χ4v) is 5.60. The van der Waals surface area contributed by atoms with Gasteiger partial charge in [-0.2, -0.15) is 0 Å². The van der Waals surface area contributed by atoms with Crippen LogP contribution >= 0.6 is 0 Å². The average Bonchev–Trinajstić information content (AvgIpc) is 3.37. The second-order valence-corrected chi connectivity index (χ2v) is 9.28. The van der Waals surface area contributed by atoms with Crippen molar-refractivity contribution in [1.29, 1.82) is 0 Å². The minimum absolute atomic E-state index is 0.217. The first-order valence-electron chi connectivity index (χ1n) is 11.8. The van der Waals surface area contributed by atoms with Gasteiger partial charge in [0.1, 0.15) is 0 Å². The number of fused-ring (bicyclic) bond motifs is 1. The van der Waals surface area contributed by atoms with Crippen LogP contribution in [0.4, 0.5) is 5.69 Å². The Kier molecular flexibility index (Phi) is 4.85. The molecule has 1 aliphatic heterocycles. The number of hydrogen-bond acceptors (Lipinski definition) is 3. The molecule has 0 saturated carbocycles. The van der Waals surface area contributed by atoms with Crippen LogP contribution in [0.3, 0.4) is 0 Å². The Balaban J connectivity index is 1.33. The molecule has 0 spiro atoms. The smallest absolute Gasteiger partial charge is 0.264 e. The van der Waals surface area contributed by atoms with Gasteiger partial charge >= 0.3 is 0 Å². The molecule has 0 radical (unpaired) electrons. The molecular weight excluding hydrogens is 422 g/mol. The molecule has 4 nitrogen and oxygen atoms in total. The molecule has 1 atom stereocenters. The number of benzene rings is 4. The van der Waals surface area contributed by atoms with Crippen molar-refractivity contribution in [2.75, 3.05) is 11.4 Å². The van der Waals surface area contributed by atoms with Crippen LogP contribution in [0.1, 0.15) is 39.0 Å². The third kappa shape index (κ3) is 3.17. The van der Waals surface area contributed by atoms with Gasteiger partial charge in [-0.1, -0.05) is 78.9 Å². The van der Waals surface area contributed by atoms with E-state index in [4.69, 9.17) is 0 Å². The zero-order valence-electron chi connectivity index (χ0n) is 18.8. The molecule has 1 N–H and O–H groups in total. The number of aliphatic hydroxyl groups is 1. The zero-order chi connectivity index (χ0) is 23.3. The molecular formula is C30H25NO3. The van der Waals surface area contributed by atoms with E-state index in [9.17, 15) is 14.7 Å². The van der Waals surface area contributed by atoms with Crippen molar-refractivity contribution in [3.8, 4) is 0 Å². The maximum Gasteiger partial charge on any atom is 0.264 e. The molecule has 168 valence electrons. The summed E-state index contributed by atoms with van der Waals surface area (Å²) in [6.45, 7) is 0.442. The van der Waals surface area contributed by atoms with E-state index in [0.29, 0.717) is 29.8 Å². The maximum absolute atomic E-state index is 13.6. The van der Waals surface area contributed by atoms with E-state index in [1.807, 2.05) is 66.7 Å². The fourth-order valence-electron chi connectivity index (χ4n) is 5.60. The largest absolute Gasteiger partial charge is 0.375 e. The van der Waals surface area contributed by atoms with Gasteiger partial charge in [0.05, 0.1) is 12.1 Å². The highest BCUT2D eigenvalue weighted by atomic mass is 16.3. The number of ketones is 1. The van der Waals surface area contributed by atoms with Crippen molar-refractivity contribution in [1.82, 2.24) is 0 Å². The molecule has 1 heterocycles. The molecule has 4 aromatic carbocycles. The van der Waals surface area contributed by atoms with Crippen molar-refractivity contribution < 1.29 is 14.7 Å². The lowest BCUT2D eigenvalue weighted by molar-refractivity contribution is -0.135. The molecule has 34 heavy (non-hydrogen) atoms.